The zero-order valence-electron chi connectivity index (χ0n) is 31.8. The van der Waals surface area contributed by atoms with Gasteiger partial charge in [0.05, 0.1) is 22.4 Å². The van der Waals surface area contributed by atoms with Crippen molar-refractivity contribution in [2.45, 2.75) is 0 Å². The van der Waals surface area contributed by atoms with Crippen LogP contribution in [0.15, 0.2) is 231 Å². The molecule has 0 fully saturated rings. The first kappa shape index (κ1) is 33.6. The van der Waals surface area contributed by atoms with Crippen LogP contribution >= 0.6 is 0 Å². The van der Waals surface area contributed by atoms with Crippen molar-refractivity contribution in [1.82, 2.24) is 4.57 Å². The number of aromatic nitrogens is 1. The van der Waals surface area contributed by atoms with Crippen molar-refractivity contribution >= 4 is 60.4 Å². The fourth-order valence-corrected chi connectivity index (χ4v) is 8.99. The molecular formula is C56H38N2. The summed E-state index contributed by atoms with van der Waals surface area (Å²) in [7, 11) is 0. The minimum Gasteiger partial charge on any atom is -0.309 e. The van der Waals surface area contributed by atoms with Crippen LogP contribution in [0.25, 0.3) is 82.4 Å². The molecule has 1 aromatic heterocycles. The van der Waals surface area contributed by atoms with Crippen molar-refractivity contribution in [3.8, 4) is 39.1 Å². The minimum absolute atomic E-state index is 1.10. The first-order valence-corrected chi connectivity index (χ1v) is 19.9. The molecule has 0 aliphatic carbocycles. The number of nitrogens with zero attached hydrogens (tertiary/aromatic N) is 2. The highest BCUT2D eigenvalue weighted by molar-refractivity contribution is 6.24. The molecule has 0 unspecified atom stereocenters. The summed E-state index contributed by atoms with van der Waals surface area (Å²) in [6, 6.07) is 83.7. The van der Waals surface area contributed by atoms with E-state index >= 15 is 0 Å². The topological polar surface area (TPSA) is 8.17 Å². The average Bonchev–Trinajstić information content (AvgIpc) is 3.65. The summed E-state index contributed by atoms with van der Waals surface area (Å²) >= 11 is 0. The number of hydrogen-bond acceptors (Lipinski definition) is 1. The van der Waals surface area contributed by atoms with Crippen LogP contribution in [0, 0.1) is 0 Å². The number of anilines is 3. The molecule has 58 heavy (non-hydrogen) atoms. The second kappa shape index (κ2) is 14.1. The summed E-state index contributed by atoms with van der Waals surface area (Å²) in [5.74, 6) is 0. The smallest absolute Gasteiger partial charge is 0.0625 e. The van der Waals surface area contributed by atoms with Crippen molar-refractivity contribution < 1.29 is 0 Å². The summed E-state index contributed by atoms with van der Waals surface area (Å²) in [6.45, 7) is 0. The number of fused-ring (bicyclic) bond motifs is 6. The molecule has 272 valence electrons. The lowest BCUT2D eigenvalue weighted by molar-refractivity contribution is 1.18. The zero-order valence-corrected chi connectivity index (χ0v) is 31.8. The lowest BCUT2D eigenvalue weighted by atomic mass is 9.88. The Bertz CT molecular complexity index is 3250. The SMILES string of the molecule is c1ccc(-c2ccc(-c3cccc(-c4c(N(c5ccccc5)c5cccc6c5c5ccccc5n6-c5ccccc5)c5ccccc5c5ccccc45)c3)cc2)cc1. The maximum Gasteiger partial charge on any atom is 0.0625 e. The largest absolute Gasteiger partial charge is 0.309 e. The molecule has 2 heteroatoms. The Labute approximate surface area is 338 Å². The number of hydrogen-bond donors (Lipinski definition) is 0. The summed E-state index contributed by atoms with van der Waals surface area (Å²) in [5, 5.41) is 7.30. The standard InChI is InChI=1S/C56H38N2/c1-4-18-39(19-5-1)40-34-36-41(37-35-40)42-20-16-21-43(38-42)54-48-28-12-10-26-46(48)47-27-11-13-29-49(47)56(54)58(45-24-8-3-9-25-45)53-33-17-32-52-55(53)50-30-14-15-31-51(50)57(52)44-22-6-2-7-23-44/h1-38H. The third-order valence-corrected chi connectivity index (χ3v) is 11.6. The lowest BCUT2D eigenvalue weighted by Crippen LogP contribution is -2.13. The summed E-state index contributed by atoms with van der Waals surface area (Å²) in [6.07, 6.45) is 0. The van der Waals surface area contributed by atoms with Gasteiger partial charge in [-0.1, -0.05) is 182 Å². The van der Waals surface area contributed by atoms with Gasteiger partial charge in [-0.05, 0) is 92.5 Å². The fraction of sp³-hybridized carbons (Fsp3) is 0. The third kappa shape index (κ3) is 5.57. The van der Waals surface area contributed by atoms with Gasteiger partial charge >= 0.3 is 0 Å². The van der Waals surface area contributed by atoms with E-state index in [4.69, 9.17) is 0 Å². The molecule has 0 saturated heterocycles. The molecule has 11 aromatic rings. The van der Waals surface area contributed by atoms with Crippen molar-refractivity contribution in [1.29, 1.82) is 0 Å². The lowest BCUT2D eigenvalue weighted by Gasteiger charge is -2.31. The molecular weight excluding hydrogens is 701 g/mol. The van der Waals surface area contributed by atoms with Crippen molar-refractivity contribution in [2.75, 3.05) is 4.90 Å². The van der Waals surface area contributed by atoms with E-state index in [1.807, 2.05) is 0 Å². The van der Waals surface area contributed by atoms with Crippen LogP contribution in [0.5, 0.6) is 0 Å². The molecule has 0 bridgehead atoms. The number of benzene rings is 10. The Morgan fingerprint density at radius 3 is 1.52 bits per heavy atom. The van der Waals surface area contributed by atoms with Gasteiger partial charge in [0, 0.05) is 33.1 Å². The molecule has 0 aliphatic rings. The van der Waals surface area contributed by atoms with Gasteiger partial charge in [-0.2, -0.15) is 0 Å². The van der Waals surface area contributed by atoms with Crippen molar-refractivity contribution in [3.63, 3.8) is 0 Å². The Balaban J connectivity index is 1.22. The van der Waals surface area contributed by atoms with Gasteiger partial charge in [-0.15, -0.1) is 0 Å². The van der Waals surface area contributed by atoms with Gasteiger partial charge in [-0.25, -0.2) is 0 Å². The molecule has 0 atom stereocenters. The second-order valence-corrected chi connectivity index (χ2v) is 14.9. The molecule has 0 amide bonds. The third-order valence-electron chi connectivity index (χ3n) is 11.6. The highest BCUT2D eigenvalue weighted by Gasteiger charge is 2.26. The van der Waals surface area contributed by atoms with Crippen LogP contribution in [0.2, 0.25) is 0 Å². The van der Waals surface area contributed by atoms with Crippen LogP contribution in [0.1, 0.15) is 0 Å². The molecule has 0 saturated carbocycles. The van der Waals surface area contributed by atoms with E-state index in [0.29, 0.717) is 0 Å². The van der Waals surface area contributed by atoms with Crippen molar-refractivity contribution in [2.24, 2.45) is 0 Å². The highest BCUT2D eigenvalue weighted by atomic mass is 15.2. The molecule has 0 radical (unpaired) electrons. The normalized spacial score (nSPS) is 11.4. The first-order valence-electron chi connectivity index (χ1n) is 19.9. The van der Waals surface area contributed by atoms with Gasteiger partial charge < -0.3 is 9.47 Å². The summed E-state index contributed by atoms with van der Waals surface area (Å²) < 4.78 is 2.41. The molecule has 1 heterocycles. The average molecular weight is 739 g/mol. The quantitative estimate of drug-likeness (QED) is 0.148. The summed E-state index contributed by atoms with van der Waals surface area (Å²) in [4.78, 5) is 2.52. The van der Waals surface area contributed by atoms with Gasteiger partial charge in [0.2, 0.25) is 0 Å². The molecule has 10 aromatic carbocycles. The van der Waals surface area contributed by atoms with Crippen LogP contribution in [0.4, 0.5) is 17.1 Å². The second-order valence-electron chi connectivity index (χ2n) is 14.9. The number of rotatable bonds is 7. The van der Waals surface area contributed by atoms with E-state index in [1.54, 1.807) is 0 Å². The van der Waals surface area contributed by atoms with Crippen LogP contribution in [-0.2, 0) is 0 Å². The van der Waals surface area contributed by atoms with Gasteiger partial charge in [0.1, 0.15) is 0 Å². The molecule has 2 nitrogen and oxygen atoms in total. The molecule has 0 spiro atoms. The van der Waals surface area contributed by atoms with Gasteiger partial charge in [0.15, 0.2) is 0 Å². The fourth-order valence-electron chi connectivity index (χ4n) is 8.99. The monoisotopic (exact) mass is 738 g/mol. The Morgan fingerprint density at radius 2 is 0.793 bits per heavy atom. The Morgan fingerprint density at radius 1 is 0.310 bits per heavy atom. The van der Waals surface area contributed by atoms with Gasteiger partial charge in [0.25, 0.3) is 0 Å². The van der Waals surface area contributed by atoms with Crippen LogP contribution in [0.3, 0.4) is 0 Å². The van der Waals surface area contributed by atoms with Crippen LogP contribution < -0.4 is 4.90 Å². The minimum atomic E-state index is 1.10. The van der Waals surface area contributed by atoms with Gasteiger partial charge in [-0.3, -0.25) is 0 Å². The maximum atomic E-state index is 2.52. The first-order chi connectivity index (χ1) is 28.8. The van der Waals surface area contributed by atoms with E-state index < -0.39 is 0 Å². The summed E-state index contributed by atoms with van der Waals surface area (Å²) in [5.41, 5.74) is 14.0. The zero-order chi connectivity index (χ0) is 38.4. The van der Waals surface area contributed by atoms with E-state index in [-0.39, 0.29) is 0 Å². The van der Waals surface area contributed by atoms with Crippen LogP contribution in [-0.4, -0.2) is 4.57 Å². The predicted octanol–water partition coefficient (Wildman–Crippen LogP) is 15.6. The Kier molecular flexibility index (Phi) is 8.19. The predicted molar refractivity (Wildman–Crippen MR) is 247 cm³/mol. The molecule has 11 rings (SSSR count). The molecule has 0 N–H and O–H groups in total. The van der Waals surface area contributed by atoms with E-state index in [9.17, 15) is 0 Å². The highest BCUT2D eigenvalue weighted by Crippen LogP contribution is 2.52. The van der Waals surface area contributed by atoms with E-state index in [1.165, 1.54) is 76.7 Å². The Hall–Kier alpha value is -7.68. The van der Waals surface area contributed by atoms with Crippen molar-refractivity contribution in [3.05, 3.63) is 231 Å². The van der Waals surface area contributed by atoms with E-state index in [0.717, 1.165) is 22.7 Å². The molecule has 0 aliphatic heterocycles. The van der Waals surface area contributed by atoms with E-state index in [2.05, 4.69) is 240 Å². The maximum absolute atomic E-state index is 2.52. The number of para-hydroxylation sites is 3.